The Kier molecular flexibility index (Phi) is 2.48. The minimum absolute atomic E-state index is 0.620. The first-order chi connectivity index (χ1) is 7.59. The van der Waals surface area contributed by atoms with Gasteiger partial charge in [0.1, 0.15) is 0 Å². The highest BCUT2D eigenvalue weighted by Gasteiger charge is 2.30. The molecule has 1 heterocycles. The summed E-state index contributed by atoms with van der Waals surface area (Å²) < 4.78 is 1.31. The average Bonchev–Trinajstić information content (AvgIpc) is 2.26. The Morgan fingerprint density at radius 1 is 1.12 bits per heavy atom. The Labute approximate surface area is 92.9 Å². The molecule has 0 aliphatic carbocycles. The van der Waals surface area contributed by atoms with E-state index in [1.54, 1.807) is 0 Å². The highest BCUT2D eigenvalue weighted by atomic mass is 16.2. The minimum atomic E-state index is -0.735. The highest BCUT2D eigenvalue weighted by Crippen LogP contribution is 2.17. The van der Waals surface area contributed by atoms with Crippen LogP contribution in [0.3, 0.4) is 0 Å². The molecule has 0 bridgehead atoms. The van der Waals surface area contributed by atoms with E-state index in [-0.39, 0.29) is 0 Å². The van der Waals surface area contributed by atoms with E-state index in [4.69, 9.17) is 0 Å². The number of aliphatic imine (C=N–C) groups is 1. The molecule has 0 unspecified atom stereocenters. The molecule has 2 rings (SSSR count). The predicted octanol–water partition coefficient (Wildman–Crippen LogP) is 1.16. The van der Waals surface area contributed by atoms with Crippen molar-refractivity contribution in [3.05, 3.63) is 29.3 Å². The summed E-state index contributed by atoms with van der Waals surface area (Å²) in [5.74, 6) is -1.36. The quantitative estimate of drug-likeness (QED) is 0.521. The second kappa shape index (κ2) is 3.81. The molecule has 0 radical (unpaired) electrons. The first-order valence-corrected chi connectivity index (χ1v) is 4.92. The normalized spacial score (nSPS) is 15.2. The van der Waals surface area contributed by atoms with Crippen LogP contribution in [0.25, 0.3) is 0 Å². The summed E-state index contributed by atoms with van der Waals surface area (Å²) >= 11 is 0. The van der Waals surface area contributed by atoms with Crippen LogP contribution in [0.1, 0.15) is 11.1 Å². The number of carbonyl (C=O) groups excluding carboxylic acids is 2. The van der Waals surface area contributed by atoms with E-state index < -0.39 is 11.8 Å². The summed E-state index contributed by atoms with van der Waals surface area (Å²) in [6, 6.07) is 5.60. The van der Waals surface area contributed by atoms with Crippen LogP contribution >= 0.6 is 0 Å². The van der Waals surface area contributed by atoms with Crippen LogP contribution in [0.2, 0.25) is 0 Å². The molecule has 0 aromatic heterocycles. The van der Waals surface area contributed by atoms with Crippen molar-refractivity contribution >= 4 is 29.9 Å². The predicted molar refractivity (Wildman–Crippen MR) is 60.4 cm³/mol. The van der Waals surface area contributed by atoms with Crippen molar-refractivity contribution in [3.63, 3.8) is 0 Å². The van der Waals surface area contributed by atoms with Crippen molar-refractivity contribution in [1.82, 2.24) is 0 Å². The summed E-state index contributed by atoms with van der Waals surface area (Å²) in [4.78, 5) is 26.1. The van der Waals surface area contributed by atoms with Gasteiger partial charge in [-0.3, -0.25) is 4.79 Å². The smallest absolute Gasteiger partial charge is 0.255 e. The average molecular weight is 215 g/mol. The first kappa shape index (κ1) is 10.4. The van der Waals surface area contributed by atoms with Crippen LogP contribution in [0.5, 0.6) is 0 Å². The van der Waals surface area contributed by atoms with Crippen LogP contribution in [-0.4, -0.2) is 28.8 Å². The van der Waals surface area contributed by atoms with Gasteiger partial charge in [-0.2, -0.15) is 0 Å². The Morgan fingerprint density at radius 3 is 2.56 bits per heavy atom. The Bertz CT molecular complexity index is 542. The van der Waals surface area contributed by atoms with E-state index in [1.165, 1.54) is 17.0 Å². The van der Waals surface area contributed by atoms with Crippen LogP contribution in [0, 0.1) is 13.8 Å². The van der Waals surface area contributed by atoms with Gasteiger partial charge in [-0.05, 0) is 25.0 Å². The lowest BCUT2D eigenvalue weighted by Crippen LogP contribution is -2.28. The van der Waals surface area contributed by atoms with Gasteiger partial charge in [0.15, 0.2) is 6.21 Å². The molecule has 2 amide bonds. The number of hydrogen-bond donors (Lipinski definition) is 0. The molecule has 0 fully saturated rings. The molecule has 4 heteroatoms. The molecule has 0 saturated carbocycles. The van der Waals surface area contributed by atoms with Crippen molar-refractivity contribution in [1.29, 1.82) is 0 Å². The first-order valence-electron chi connectivity index (χ1n) is 4.92. The molecule has 1 aromatic rings. The summed E-state index contributed by atoms with van der Waals surface area (Å²) in [5.41, 5.74) is 2.91. The van der Waals surface area contributed by atoms with E-state index in [2.05, 4.69) is 4.99 Å². The number of hydrogen-bond acceptors (Lipinski definition) is 2. The molecular weight excluding hydrogens is 204 g/mol. The minimum Gasteiger partial charge on any atom is -0.255 e. The Morgan fingerprint density at radius 2 is 1.88 bits per heavy atom. The van der Waals surface area contributed by atoms with Crippen LogP contribution in [0.4, 0.5) is 5.69 Å². The topological polar surface area (TPSA) is 49.5 Å². The number of aryl methyl sites for hydroxylation is 2. The molecular formula is C12H11N2O2+. The van der Waals surface area contributed by atoms with Crippen molar-refractivity contribution in [3.8, 4) is 0 Å². The number of benzene rings is 1. The van der Waals surface area contributed by atoms with Gasteiger partial charge >= 0.3 is 11.8 Å². The standard InChI is InChI=1S/C12H11N2O2/c1-8-3-4-10(7-9(8)2)14-6-5-13-11(15)12(14)16/h3-7H,1-2H3/q+1. The lowest BCUT2D eigenvalue weighted by atomic mass is 10.1. The van der Waals surface area contributed by atoms with Gasteiger partial charge in [0.05, 0.1) is 6.21 Å². The fourth-order valence-electron chi connectivity index (χ4n) is 1.47. The van der Waals surface area contributed by atoms with E-state index in [0.29, 0.717) is 5.69 Å². The molecule has 1 aliphatic heterocycles. The second-order valence-electron chi connectivity index (χ2n) is 3.68. The lowest BCUT2D eigenvalue weighted by molar-refractivity contribution is -0.356. The second-order valence-corrected chi connectivity index (χ2v) is 3.68. The van der Waals surface area contributed by atoms with Gasteiger partial charge in [-0.25, -0.2) is 9.79 Å². The number of amides is 2. The Hall–Kier alpha value is -2.10. The number of nitrogens with zero attached hydrogens (tertiary/aromatic N) is 2. The molecule has 0 N–H and O–H groups in total. The third kappa shape index (κ3) is 1.69. The van der Waals surface area contributed by atoms with E-state index in [0.717, 1.165) is 11.1 Å². The molecule has 80 valence electrons. The largest absolute Gasteiger partial charge is 0.485 e. The Balaban J connectivity index is 2.49. The third-order valence-corrected chi connectivity index (χ3v) is 2.58. The molecule has 4 nitrogen and oxygen atoms in total. The maximum Gasteiger partial charge on any atom is 0.485 e. The zero-order valence-electron chi connectivity index (χ0n) is 9.10. The van der Waals surface area contributed by atoms with Crippen LogP contribution in [-0.2, 0) is 9.59 Å². The molecule has 1 aliphatic rings. The molecule has 1 aromatic carbocycles. The lowest BCUT2D eigenvalue weighted by Gasteiger charge is -2.03. The summed E-state index contributed by atoms with van der Waals surface area (Å²) in [5, 5.41) is 0. The molecule has 0 saturated heterocycles. The van der Waals surface area contributed by atoms with Gasteiger partial charge in [-0.1, -0.05) is 6.07 Å². The van der Waals surface area contributed by atoms with Crippen molar-refractivity contribution in [2.24, 2.45) is 4.99 Å². The summed E-state index contributed by atoms with van der Waals surface area (Å²) in [6.45, 7) is 3.95. The fraction of sp³-hybridized carbons (Fsp3) is 0.167. The van der Waals surface area contributed by atoms with Gasteiger partial charge in [0.25, 0.3) is 0 Å². The van der Waals surface area contributed by atoms with Crippen LogP contribution in [0.15, 0.2) is 23.2 Å². The van der Waals surface area contributed by atoms with E-state index in [1.807, 2.05) is 32.0 Å². The van der Waals surface area contributed by atoms with Crippen molar-refractivity contribution < 1.29 is 14.2 Å². The highest BCUT2D eigenvalue weighted by molar-refractivity contribution is 6.39. The van der Waals surface area contributed by atoms with Gasteiger partial charge in [-0.15, -0.1) is 4.58 Å². The van der Waals surface area contributed by atoms with E-state index >= 15 is 0 Å². The zero-order chi connectivity index (χ0) is 11.7. The fourth-order valence-corrected chi connectivity index (χ4v) is 1.47. The van der Waals surface area contributed by atoms with E-state index in [9.17, 15) is 9.59 Å². The number of carbonyl (C=O) groups is 2. The van der Waals surface area contributed by atoms with Crippen molar-refractivity contribution in [2.75, 3.05) is 0 Å². The zero-order valence-corrected chi connectivity index (χ0v) is 9.10. The molecule has 0 atom stereocenters. The SMILES string of the molecule is Cc1ccc([N+]2=CC=NC(=O)C2=O)cc1C. The molecule has 16 heavy (non-hydrogen) atoms. The van der Waals surface area contributed by atoms with Gasteiger partial charge in [0, 0.05) is 12.1 Å². The number of rotatable bonds is 1. The van der Waals surface area contributed by atoms with Crippen LogP contribution < -0.4 is 0 Å². The molecule has 0 spiro atoms. The van der Waals surface area contributed by atoms with Gasteiger partial charge < -0.3 is 0 Å². The maximum atomic E-state index is 11.6. The third-order valence-electron chi connectivity index (χ3n) is 2.58. The summed E-state index contributed by atoms with van der Waals surface area (Å²) in [6.07, 6.45) is 2.83. The monoisotopic (exact) mass is 215 g/mol. The van der Waals surface area contributed by atoms with Crippen molar-refractivity contribution in [2.45, 2.75) is 13.8 Å². The summed E-state index contributed by atoms with van der Waals surface area (Å²) in [7, 11) is 0. The van der Waals surface area contributed by atoms with Gasteiger partial charge in [0.2, 0.25) is 5.69 Å². The maximum absolute atomic E-state index is 11.6.